The van der Waals surface area contributed by atoms with Gasteiger partial charge in [0.1, 0.15) is 5.76 Å². The van der Waals surface area contributed by atoms with Gasteiger partial charge in [-0.3, -0.25) is 14.9 Å². The predicted molar refractivity (Wildman–Crippen MR) is 67.4 cm³/mol. The molecule has 0 bridgehead atoms. The van der Waals surface area contributed by atoms with Gasteiger partial charge in [0.15, 0.2) is 6.61 Å². The number of esters is 1. The highest BCUT2D eigenvalue weighted by Gasteiger charge is 2.27. The molecule has 0 unspecified atom stereocenters. The fourth-order valence-corrected chi connectivity index (χ4v) is 1.69. The van der Waals surface area contributed by atoms with Gasteiger partial charge in [0.05, 0.1) is 18.7 Å². The SMILES string of the molecule is O=C(COC(=O)C1CCC1)NC(=O)NCc1ccco1. The second-order valence-electron chi connectivity index (χ2n) is 4.55. The molecule has 0 spiro atoms. The van der Waals surface area contributed by atoms with Crippen molar-refractivity contribution >= 4 is 17.9 Å². The first kappa shape index (κ1) is 14.1. The molecule has 2 rings (SSSR count). The van der Waals surface area contributed by atoms with Crippen LogP contribution in [0.4, 0.5) is 4.79 Å². The van der Waals surface area contributed by atoms with Crippen molar-refractivity contribution in [3.63, 3.8) is 0 Å². The maximum absolute atomic E-state index is 11.4. The highest BCUT2D eigenvalue weighted by Crippen LogP contribution is 2.27. The molecule has 3 amide bonds. The minimum absolute atomic E-state index is 0.0874. The topological polar surface area (TPSA) is 97.6 Å². The van der Waals surface area contributed by atoms with Crippen molar-refractivity contribution in [2.45, 2.75) is 25.8 Å². The lowest BCUT2D eigenvalue weighted by atomic mass is 9.86. The molecule has 0 aromatic carbocycles. The molecular formula is C13H16N2O5. The number of amides is 3. The molecule has 1 aromatic heterocycles. The summed E-state index contributed by atoms with van der Waals surface area (Å²) in [4.78, 5) is 34.1. The molecule has 7 nitrogen and oxygen atoms in total. The van der Waals surface area contributed by atoms with E-state index in [-0.39, 0.29) is 18.4 Å². The van der Waals surface area contributed by atoms with Crippen molar-refractivity contribution in [3.05, 3.63) is 24.2 Å². The van der Waals surface area contributed by atoms with Crippen LogP contribution in [0.1, 0.15) is 25.0 Å². The zero-order valence-electron chi connectivity index (χ0n) is 10.9. The van der Waals surface area contributed by atoms with E-state index in [4.69, 9.17) is 9.15 Å². The van der Waals surface area contributed by atoms with E-state index in [1.54, 1.807) is 12.1 Å². The van der Waals surface area contributed by atoms with Gasteiger partial charge in [0.2, 0.25) is 0 Å². The summed E-state index contributed by atoms with van der Waals surface area (Å²) in [5.74, 6) is -0.545. The fourth-order valence-electron chi connectivity index (χ4n) is 1.69. The van der Waals surface area contributed by atoms with Crippen LogP contribution < -0.4 is 10.6 Å². The lowest BCUT2D eigenvalue weighted by Gasteiger charge is -2.22. The Morgan fingerprint density at radius 2 is 2.15 bits per heavy atom. The van der Waals surface area contributed by atoms with Crippen molar-refractivity contribution < 1.29 is 23.5 Å². The van der Waals surface area contributed by atoms with Gasteiger partial charge in [0, 0.05) is 0 Å². The molecule has 1 aromatic rings. The first-order chi connectivity index (χ1) is 9.65. The highest BCUT2D eigenvalue weighted by molar-refractivity contribution is 5.95. The van der Waals surface area contributed by atoms with Crippen LogP contribution in [0.25, 0.3) is 0 Å². The van der Waals surface area contributed by atoms with Crippen LogP contribution in [0, 0.1) is 5.92 Å². The lowest BCUT2D eigenvalue weighted by molar-refractivity contribution is -0.154. The summed E-state index contributed by atoms with van der Waals surface area (Å²) in [5.41, 5.74) is 0. The molecule has 1 fully saturated rings. The molecule has 0 saturated heterocycles. The van der Waals surface area contributed by atoms with E-state index in [9.17, 15) is 14.4 Å². The number of ether oxygens (including phenoxy) is 1. The maximum atomic E-state index is 11.4. The Morgan fingerprint density at radius 3 is 2.75 bits per heavy atom. The first-order valence-corrected chi connectivity index (χ1v) is 6.42. The highest BCUT2D eigenvalue weighted by atomic mass is 16.5. The number of nitrogens with one attached hydrogen (secondary N) is 2. The van der Waals surface area contributed by atoms with E-state index in [2.05, 4.69) is 10.6 Å². The van der Waals surface area contributed by atoms with E-state index >= 15 is 0 Å². The van der Waals surface area contributed by atoms with Crippen LogP contribution in [0.3, 0.4) is 0 Å². The fraction of sp³-hybridized carbons (Fsp3) is 0.462. The summed E-state index contributed by atoms with van der Waals surface area (Å²) in [7, 11) is 0. The van der Waals surface area contributed by atoms with Gasteiger partial charge in [-0.15, -0.1) is 0 Å². The molecule has 1 heterocycles. The molecule has 1 aliphatic rings. The normalized spacial score (nSPS) is 14.2. The third-order valence-corrected chi connectivity index (χ3v) is 3.04. The molecule has 0 atom stereocenters. The van der Waals surface area contributed by atoms with E-state index in [1.165, 1.54) is 6.26 Å². The molecule has 1 saturated carbocycles. The van der Waals surface area contributed by atoms with Crippen LogP contribution in [0.15, 0.2) is 22.8 Å². The van der Waals surface area contributed by atoms with Gasteiger partial charge in [-0.2, -0.15) is 0 Å². The Balaban J connectivity index is 1.60. The largest absolute Gasteiger partial charge is 0.467 e. The van der Waals surface area contributed by atoms with Crippen LogP contribution >= 0.6 is 0 Å². The summed E-state index contributed by atoms with van der Waals surface area (Å²) in [6.45, 7) is -0.266. The number of urea groups is 1. The minimum atomic E-state index is -0.661. The standard InChI is InChI=1S/C13H16N2O5/c16-11(8-20-12(17)9-3-1-4-9)15-13(18)14-7-10-5-2-6-19-10/h2,5-6,9H,1,3-4,7-8H2,(H2,14,15,16,18). The number of hydrogen-bond donors (Lipinski definition) is 2. The molecule has 0 aliphatic heterocycles. The average molecular weight is 280 g/mol. The molecule has 1 aliphatic carbocycles. The Bertz CT molecular complexity index is 479. The van der Waals surface area contributed by atoms with Gasteiger partial charge >= 0.3 is 12.0 Å². The van der Waals surface area contributed by atoms with Crippen molar-refractivity contribution in [2.24, 2.45) is 5.92 Å². The summed E-state index contributed by atoms with van der Waals surface area (Å²) in [6.07, 6.45) is 4.12. The third-order valence-electron chi connectivity index (χ3n) is 3.04. The summed E-state index contributed by atoms with van der Waals surface area (Å²) in [5, 5.41) is 4.51. The predicted octanol–water partition coefficient (Wildman–Crippen LogP) is 0.949. The minimum Gasteiger partial charge on any atom is -0.467 e. The Hall–Kier alpha value is -2.31. The molecule has 108 valence electrons. The van der Waals surface area contributed by atoms with Crippen molar-refractivity contribution in [2.75, 3.05) is 6.61 Å². The zero-order valence-corrected chi connectivity index (χ0v) is 10.9. The van der Waals surface area contributed by atoms with E-state index in [1.807, 2.05) is 0 Å². The number of carbonyl (C=O) groups is 3. The maximum Gasteiger partial charge on any atom is 0.321 e. The van der Waals surface area contributed by atoms with Crippen LogP contribution in [-0.4, -0.2) is 24.5 Å². The summed E-state index contributed by atoms with van der Waals surface area (Å²) in [6, 6.07) is 2.73. The number of hydrogen-bond acceptors (Lipinski definition) is 5. The summed E-state index contributed by atoms with van der Waals surface area (Å²) >= 11 is 0. The molecule has 2 N–H and O–H groups in total. The number of carbonyl (C=O) groups excluding carboxylic acids is 3. The molecule has 0 radical (unpaired) electrons. The number of furan rings is 1. The van der Waals surface area contributed by atoms with Gasteiger partial charge in [-0.05, 0) is 25.0 Å². The van der Waals surface area contributed by atoms with Gasteiger partial charge < -0.3 is 14.5 Å². The quantitative estimate of drug-likeness (QED) is 0.782. The second-order valence-corrected chi connectivity index (χ2v) is 4.55. The van der Waals surface area contributed by atoms with Crippen LogP contribution in [-0.2, 0) is 20.9 Å². The molecule has 7 heteroatoms. The van der Waals surface area contributed by atoms with Crippen LogP contribution in [0.5, 0.6) is 0 Å². The van der Waals surface area contributed by atoms with Gasteiger partial charge in [-0.1, -0.05) is 6.42 Å². The van der Waals surface area contributed by atoms with Gasteiger partial charge in [0.25, 0.3) is 5.91 Å². The van der Waals surface area contributed by atoms with E-state index in [0.717, 1.165) is 19.3 Å². The smallest absolute Gasteiger partial charge is 0.321 e. The number of imide groups is 1. The van der Waals surface area contributed by atoms with Crippen LogP contribution in [0.2, 0.25) is 0 Å². The molecular weight excluding hydrogens is 264 g/mol. The molecule has 20 heavy (non-hydrogen) atoms. The second kappa shape index (κ2) is 6.74. The van der Waals surface area contributed by atoms with Crippen molar-refractivity contribution in [1.82, 2.24) is 10.6 Å². The van der Waals surface area contributed by atoms with Crippen molar-refractivity contribution in [1.29, 1.82) is 0 Å². The van der Waals surface area contributed by atoms with E-state index in [0.29, 0.717) is 5.76 Å². The lowest BCUT2D eigenvalue weighted by Crippen LogP contribution is -2.41. The summed E-state index contributed by atoms with van der Waals surface area (Å²) < 4.78 is 9.83. The first-order valence-electron chi connectivity index (χ1n) is 6.42. The monoisotopic (exact) mass is 280 g/mol. The average Bonchev–Trinajstić information content (AvgIpc) is 2.85. The Labute approximate surface area is 115 Å². The Morgan fingerprint density at radius 1 is 1.35 bits per heavy atom. The third kappa shape index (κ3) is 4.11. The van der Waals surface area contributed by atoms with Crippen molar-refractivity contribution in [3.8, 4) is 0 Å². The number of rotatable bonds is 5. The zero-order chi connectivity index (χ0) is 14.4. The van der Waals surface area contributed by atoms with E-state index < -0.39 is 18.5 Å². The van der Waals surface area contributed by atoms with Gasteiger partial charge in [-0.25, -0.2) is 4.79 Å². The Kier molecular flexibility index (Phi) is 4.75.